The van der Waals surface area contributed by atoms with Crippen LogP contribution in [-0.2, 0) is 33.3 Å². The van der Waals surface area contributed by atoms with Crippen molar-refractivity contribution in [2.75, 3.05) is 78.2 Å². The Kier molecular flexibility index (Phi) is 20.5. The summed E-state index contributed by atoms with van der Waals surface area (Å²) < 4.78 is 24.6. The number of aliphatic imine (C=N–C) groups is 1. The van der Waals surface area contributed by atoms with E-state index in [9.17, 15) is 19.2 Å². The van der Waals surface area contributed by atoms with Gasteiger partial charge in [-0.15, -0.1) is 21.5 Å². The van der Waals surface area contributed by atoms with Crippen molar-refractivity contribution in [3.63, 3.8) is 0 Å². The van der Waals surface area contributed by atoms with Gasteiger partial charge in [-0.05, 0) is 70.6 Å². The van der Waals surface area contributed by atoms with Crippen molar-refractivity contribution in [3.05, 3.63) is 62.5 Å². The van der Waals surface area contributed by atoms with Gasteiger partial charge in [-0.2, -0.15) is 11.8 Å². The zero-order valence-corrected chi connectivity index (χ0v) is 41.0. The zero-order valence-electron chi connectivity index (χ0n) is 38.6. The second-order valence-corrected chi connectivity index (χ2v) is 19.9. The number of halogens is 1. The first-order chi connectivity index (χ1) is 32.0. The molecule has 5 amide bonds. The van der Waals surface area contributed by atoms with E-state index in [1.807, 2.05) is 54.4 Å². The van der Waals surface area contributed by atoms with Crippen LogP contribution in [0.15, 0.2) is 29.3 Å². The number of rotatable bonds is 29. The maximum atomic E-state index is 13.2. The fourth-order valence-electron chi connectivity index (χ4n) is 8.06. The molecule has 1 aromatic carbocycles. The van der Waals surface area contributed by atoms with E-state index in [0.29, 0.717) is 88.4 Å². The molecule has 2 fully saturated rings. The van der Waals surface area contributed by atoms with Gasteiger partial charge in [-0.3, -0.25) is 23.9 Å². The van der Waals surface area contributed by atoms with Gasteiger partial charge < -0.3 is 45.5 Å². The number of amides is 5. The van der Waals surface area contributed by atoms with Crippen LogP contribution in [-0.4, -0.2) is 140 Å². The molecule has 5 heterocycles. The number of aryl methyl sites for hydroxylation is 2. The highest BCUT2D eigenvalue weighted by molar-refractivity contribution is 8.00. The number of hydrogen-bond donors (Lipinski definition) is 5. The van der Waals surface area contributed by atoms with E-state index in [1.165, 1.54) is 4.88 Å². The number of benzene rings is 1. The van der Waals surface area contributed by atoms with E-state index in [4.69, 9.17) is 35.5 Å². The minimum atomic E-state index is -0.545. The highest BCUT2D eigenvalue weighted by Gasteiger charge is 2.42. The Morgan fingerprint density at radius 2 is 1.53 bits per heavy atom. The predicted molar refractivity (Wildman–Crippen MR) is 257 cm³/mol. The van der Waals surface area contributed by atoms with Gasteiger partial charge in [-0.25, -0.2) is 4.79 Å². The van der Waals surface area contributed by atoms with E-state index in [0.717, 1.165) is 77.5 Å². The van der Waals surface area contributed by atoms with E-state index in [1.54, 1.807) is 11.3 Å². The minimum absolute atomic E-state index is 0.000118. The Morgan fingerprint density at radius 3 is 2.30 bits per heavy atom. The third kappa shape index (κ3) is 15.2. The molecule has 5 atom stereocenters. The molecule has 17 nitrogen and oxygen atoms in total. The SMILES string of the molecule is Cc1sc2c(c1C)C(c1ccc(Cl)cc1)=N[C@@H](CC(=O)NCCOCCOCCOCC(C)COCC(=O)NCCCCCNC(=O)CCCC[C@@H]1SC[C@@H]3NC(=O)N[C@@H]31)c1nnc(C)n1-2. The highest BCUT2D eigenvalue weighted by atomic mass is 35.5. The fourth-order valence-corrected chi connectivity index (χ4v) is 10.9. The van der Waals surface area contributed by atoms with Gasteiger partial charge in [0, 0.05) is 64.0 Å². The third-order valence-corrected chi connectivity index (χ3v) is 14.6. The van der Waals surface area contributed by atoms with Crippen LogP contribution in [0.4, 0.5) is 4.79 Å². The molecule has 20 heteroatoms. The molecular weight excluding hydrogens is 906 g/mol. The molecule has 3 aliphatic heterocycles. The molecule has 0 aliphatic carbocycles. The normalized spacial score (nSPS) is 18.9. The van der Waals surface area contributed by atoms with E-state index >= 15 is 0 Å². The molecule has 0 bridgehead atoms. The van der Waals surface area contributed by atoms with Gasteiger partial charge in [0.1, 0.15) is 23.5 Å². The number of hydrogen-bond acceptors (Lipinski definition) is 13. The summed E-state index contributed by atoms with van der Waals surface area (Å²) in [5.41, 5.74) is 3.87. The zero-order chi connectivity index (χ0) is 46.8. The first kappa shape index (κ1) is 51.3. The fraction of sp³-hybridized carbons (Fsp3) is 0.630. The number of aromatic nitrogens is 3. The van der Waals surface area contributed by atoms with Crippen LogP contribution in [0.3, 0.4) is 0 Å². The van der Waals surface area contributed by atoms with Crippen LogP contribution in [0, 0.1) is 26.7 Å². The summed E-state index contributed by atoms with van der Waals surface area (Å²) in [6.07, 6.45) is 6.05. The lowest BCUT2D eigenvalue weighted by atomic mass is 9.99. The number of nitrogens with zero attached hydrogens (tertiary/aromatic N) is 4. The van der Waals surface area contributed by atoms with Crippen molar-refractivity contribution in [2.24, 2.45) is 10.9 Å². The molecule has 1 unspecified atom stereocenters. The van der Waals surface area contributed by atoms with Crippen molar-refractivity contribution in [1.29, 1.82) is 0 Å². The average Bonchev–Trinajstić information content (AvgIpc) is 4.03. The standard InChI is InChI=1S/C46H66ClN9O8S2/c1-29(26-64-27-40(59)49-17-9-5-8-16-48-38(57)11-7-6-10-37-43-36(28-65-37)52-46(60)53-43)25-63-23-22-62-21-20-61-19-18-50-39(58)24-35-44-55-54-32(4)56(44)45-41(30(2)31(3)66-45)42(51-35)33-12-14-34(47)15-13-33/h12-15,29,35-37,43H,5-11,16-28H2,1-4H3,(H,48,57)(H,49,59)(H,50,58)(H2,52,53,60)/t29?,35-,36-,37-,43-/m0/s1. The topological polar surface area (TPSA) is 208 Å². The number of fused-ring (bicyclic) bond motifs is 4. The summed E-state index contributed by atoms with van der Waals surface area (Å²) in [4.78, 5) is 55.4. The Labute approximate surface area is 401 Å². The summed E-state index contributed by atoms with van der Waals surface area (Å²) in [5, 5.41) is 25.7. The van der Waals surface area contributed by atoms with Crippen LogP contribution in [0.5, 0.6) is 0 Å². The van der Waals surface area contributed by atoms with Crippen molar-refractivity contribution in [2.45, 2.75) is 102 Å². The third-order valence-electron chi connectivity index (χ3n) is 11.7. The summed E-state index contributed by atoms with van der Waals surface area (Å²) in [6.45, 7) is 12.5. The summed E-state index contributed by atoms with van der Waals surface area (Å²) in [7, 11) is 0. The molecule has 6 rings (SSSR count). The number of thioether (sulfide) groups is 1. The maximum Gasteiger partial charge on any atom is 0.315 e. The second kappa shape index (κ2) is 26.4. The van der Waals surface area contributed by atoms with E-state index in [2.05, 4.69) is 50.6 Å². The van der Waals surface area contributed by atoms with Gasteiger partial charge in [0.15, 0.2) is 5.82 Å². The van der Waals surface area contributed by atoms with Gasteiger partial charge >= 0.3 is 6.03 Å². The predicted octanol–water partition coefficient (Wildman–Crippen LogP) is 5.14. The first-order valence-corrected chi connectivity index (χ1v) is 25.4. The lowest BCUT2D eigenvalue weighted by Crippen LogP contribution is -2.36. The first-order valence-electron chi connectivity index (χ1n) is 23.1. The summed E-state index contributed by atoms with van der Waals surface area (Å²) in [6, 6.07) is 7.44. The molecule has 3 aromatic rings. The van der Waals surface area contributed by atoms with Crippen molar-refractivity contribution >= 4 is 64.2 Å². The number of carbonyl (C=O) groups excluding carboxylic acids is 4. The molecule has 3 aliphatic rings. The van der Waals surface area contributed by atoms with Crippen LogP contribution >= 0.6 is 34.7 Å². The number of carbonyl (C=O) groups is 4. The molecular formula is C46H66ClN9O8S2. The van der Waals surface area contributed by atoms with Crippen molar-refractivity contribution < 1.29 is 38.1 Å². The Bertz CT molecular complexity index is 2100. The lowest BCUT2D eigenvalue weighted by Gasteiger charge is -2.16. The van der Waals surface area contributed by atoms with Crippen molar-refractivity contribution in [1.82, 2.24) is 41.3 Å². The number of nitrogens with one attached hydrogen (secondary N) is 5. The molecule has 5 N–H and O–H groups in total. The van der Waals surface area contributed by atoms with Crippen LogP contribution in [0.2, 0.25) is 5.02 Å². The van der Waals surface area contributed by atoms with E-state index < -0.39 is 6.04 Å². The van der Waals surface area contributed by atoms with Crippen molar-refractivity contribution in [3.8, 4) is 5.00 Å². The molecule has 362 valence electrons. The number of thiophene rings is 1. The Balaban J connectivity index is 0.724. The maximum absolute atomic E-state index is 13.2. The highest BCUT2D eigenvalue weighted by Crippen LogP contribution is 2.39. The Morgan fingerprint density at radius 1 is 0.833 bits per heavy atom. The van der Waals surface area contributed by atoms with E-state index in [-0.39, 0.29) is 54.8 Å². The van der Waals surface area contributed by atoms with Gasteiger partial charge in [0.25, 0.3) is 0 Å². The monoisotopic (exact) mass is 971 g/mol. The molecule has 0 saturated carbocycles. The Hall–Kier alpha value is -4.11. The lowest BCUT2D eigenvalue weighted by molar-refractivity contribution is -0.126. The molecule has 0 spiro atoms. The average molecular weight is 973 g/mol. The number of urea groups is 1. The van der Waals surface area contributed by atoms with Crippen LogP contribution < -0.4 is 26.6 Å². The van der Waals surface area contributed by atoms with Crippen LogP contribution in [0.1, 0.15) is 97.5 Å². The van der Waals surface area contributed by atoms with Crippen LogP contribution in [0.25, 0.3) is 5.00 Å². The second-order valence-electron chi connectivity index (χ2n) is 17.0. The smallest absolute Gasteiger partial charge is 0.315 e. The minimum Gasteiger partial charge on any atom is -0.379 e. The number of ether oxygens (including phenoxy) is 4. The molecule has 66 heavy (non-hydrogen) atoms. The quantitative estimate of drug-likeness (QED) is 0.0455. The van der Waals surface area contributed by atoms with Gasteiger partial charge in [-0.1, -0.05) is 37.1 Å². The molecule has 2 saturated heterocycles. The summed E-state index contributed by atoms with van der Waals surface area (Å²) in [5.74, 6) is 2.20. The van der Waals surface area contributed by atoms with Gasteiger partial charge in [0.05, 0.1) is 70.5 Å². The largest absolute Gasteiger partial charge is 0.379 e. The van der Waals surface area contributed by atoms with Gasteiger partial charge in [0.2, 0.25) is 17.7 Å². The molecule has 0 radical (unpaired) electrons. The number of unbranched alkanes of at least 4 members (excludes halogenated alkanes) is 3. The summed E-state index contributed by atoms with van der Waals surface area (Å²) >= 11 is 9.79. The molecule has 2 aromatic heterocycles.